The Bertz CT molecular complexity index is 481. The van der Waals surface area contributed by atoms with E-state index in [2.05, 4.69) is 20.9 Å². The standard InChI is InChI=1S/C11H9BrFNO/c1-2-8-6-14-11(15-8)7-3-4-9(12)10(13)5-7/h3-6H,2H2,1H3. The highest BCUT2D eigenvalue weighted by atomic mass is 79.9. The lowest BCUT2D eigenvalue weighted by atomic mass is 10.2. The van der Waals surface area contributed by atoms with Crippen molar-refractivity contribution in [3.05, 3.63) is 40.4 Å². The zero-order chi connectivity index (χ0) is 10.8. The lowest BCUT2D eigenvalue weighted by molar-refractivity contribution is 0.523. The Labute approximate surface area is 95.3 Å². The van der Waals surface area contributed by atoms with Gasteiger partial charge in [-0.1, -0.05) is 6.92 Å². The van der Waals surface area contributed by atoms with E-state index < -0.39 is 0 Å². The molecule has 0 amide bonds. The average molecular weight is 270 g/mol. The second-order valence-electron chi connectivity index (χ2n) is 3.11. The smallest absolute Gasteiger partial charge is 0.226 e. The van der Waals surface area contributed by atoms with Crippen LogP contribution in [-0.4, -0.2) is 4.98 Å². The molecular weight excluding hydrogens is 261 g/mol. The van der Waals surface area contributed by atoms with Crippen LogP contribution in [0.1, 0.15) is 12.7 Å². The summed E-state index contributed by atoms with van der Waals surface area (Å²) in [4.78, 5) is 4.08. The second kappa shape index (κ2) is 4.14. The van der Waals surface area contributed by atoms with Crippen LogP contribution in [0.3, 0.4) is 0 Å². The van der Waals surface area contributed by atoms with E-state index in [4.69, 9.17) is 4.42 Å². The largest absolute Gasteiger partial charge is 0.441 e. The van der Waals surface area contributed by atoms with E-state index in [-0.39, 0.29) is 5.82 Å². The molecule has 2 rings (SSSR count). The highest BCUT2D eigenvalue weighted by molar-refractivity contribution is 9.10. The van der Waals surface area contributed by atoms with E-state index >= 15 is 0 Å². The number of benzene rings is 1. The van der Waals surface area contributed by atoms with Gasteiger partial charge in [0.05, 0.1) is 10.7 Å². The number of rotatable bonds is 2. The Morgan fingerprint density at radius 1 is 1.47 bits per heavy atom. The number of aromatic nitrogens is 1. The SMILES string of the molecule is CCc1cnc(-c2ccc(Br)c(F)c2)o1. The normalized spacial score (nSPS) is 10.6. The molecule has 0 fully saturated rings. The highest BCUT2D eigenvalue weighted by Gasteiger charge is 2.08. The first-order chi connectivity index (χ1) is 7.20. The minimum absolute atomic E-state index is 0.316. The number of hydrogen-bond donors (Lipinski definition) is 0. The van der Waals surface area contributed by atoms with E-state index in [0.717, 1.165) is 12.2 Å². The van der Waals surface area contributed by atoms with Crippen LogP contribution >= 0.6 is 15.9 Å². The minimum Gasteiger partial charge on any atom is -0.441 e. The fourth-order valence-electron chi connectivity index (χ4n) is 1.23. The monoisotopic (exact) mass is 269 g/mol. The van der Waals surface area contributed by atoms with Crippen molar-refractivity contribution in [2.24, 2.45) is 0 Å². The maximum Gasteiger partial charge on any atom is 0.226 e. The third-order valence-electron chi connectivity index (χ3n) is 2.07. The molecule has 4 heteroatoms. The van der Waals surface area contributed by atoms with E-state index in [0.29, 0.717) is 15.9 Å². The summed E-state index contributed by atoms with van der Waals surface area (Å²) in [5.41, 5.74) is 0.649. The number of hydrogen-bond acceptors (Lipinski definition) is 2. The fraction of sp³-hybridized carbons (Fsp3) is 0.182. The third kappa shape index (κ3) is 2.09. The van der Waals surface area contributed by atoms with Gasteiger partial charge in [0.2, 0.25) is 5.89 Å². The maximum atomic E-state index is 13.2. The molecule has 1 aromatic carbocycles. The Hall–Kier alpha value is -1.16. The lowest BCUT2D eigenvalue weighted by Gasteiger charge is -1.97. The Morgan fingerprint density at radius 3 is 2.87 bits per heavy atom. The molecule has 2 nitrogen and oxygen atoms in total. The van der Waals surface area contributed by atoms with Gasteiger partial charge in [0.15, 0.2) is 0 Å². The van der Waals surface area contributed by atoms with Crippen molar-refractivity contribution in [1.29, 1.82) is 0 Å². The van der Waals surface area contributed by atoms with Gasteiger partial charge in [0.25, 0.3) is 0 Å². The lowest BCUT2D eigenvalue weighted by Crippen LogP contribution is -1.81. The molecule has 0 aliphatic carbocycles. The number of nitrogens with zero attached hydrogens (tertiary/aromatic N) is 1. The van der Waals surface area contributed by atoms with Crippen molar-refractivity contribution in [3.63, 3.8) is 0 Å². The molecule has 0 saturated carbocycles. The fourth-order valence-corrected chi connectivity index (χ4v) is 1.48. The van der Waals surface area contributed by atoms with Gasteiger partial charge in [-0.15, -0.1) is 0 Å². The van der Waals surface area contributed by atoms with Crippen LogP contribution < -0.4 is 0 Å². The first-order valence-electron chi connectivity index (χ1n) is 4.61. The van der Waals surface area contributed by atoms with E-state index in [9.17, 15) is 4.39 Å². The molecule has 1 aromatic heterocycles. The van der Waals surface area contributed by atoms with Crippen molar-refractivity contribution in [3.8, 4) is 11.5 Å². The van der Waals surface area contributed by atoms with Gasteiger partial charge >= 0.3 is 0 Å². The molecule has 15 heavy (non-hydrogen) atoms. The Kier molecular flexibility index (Phi) is 2.86. The van der Waals surface area contributed by atoms with Gasteiger partial charge in [-0.3, -0.25) is 0 Å². The molecule has 78 valence electrons. The summed E-state index contributed by atoms with van der Waals surface area (Å²) in [6.07, 6.45) is 2.45. The highest BCUT2D eigenvalue weighted by Crippen LogP contribution is 2.24. The first kappa shape index (κ1) is 10.4. The van der Waals surface area contributed by atoms with E-state index in [1.165, 1.54) is 6.07 Å². The van der Waals surface area contributed by atoms with Crippen molar-refractivity contribution in [2.45, 2.75) is 13.3 Å². The van der Waals surface area contributed by atoms with Crippen LogP contribution in [0.25, 0.3) is 11.5 Å². The molecule has 0 aliphatic heterocycles. The van der Waals surface area contributed by atoms with Crippen LogP contribution in [0, 0.1) is 5.82 Å². The van der Waals surface area contributed by atoms with Crippen LogP contribution in [0.15, 0.2) is 33.3 Å². The molecule has 1 heterocycles. The molecule has 0 spiro atoms. The summed E-state index contributed by atoms with van der Waals surface area (Å²) in [6, 6.07) is 4.80. The quantitative estimate of drug-likeness (QED) is 0.829. The predicted octanol–water partition coefficient (Wildman–Crippen LogP) is 3.81. The van der Waals surface area contributed by atoms with Gasteiger partial charge < -0.3 is 4.42 Å². The molecule has 2 aromatic rings. The van der Waals surface area contributed by atoms with Crippen molar-refractivity contribution < 1.29 is 8.81 Å². The first-order valence-corrected chi connectivity index (χ1v) is 5.40. The zero-order valence-electron chi connectivity index (χ0n) is 8.13. The minimum atomic E-state index is -0.316. The molecule has 0 N–H and O–H groups in total. The average Bonchev–Trinajstić information content (AvgIpc) is 2.70. The summed E-state index contributed by atoms with van der Waals surface area (Å²) < 4.78 is 19.1. The summed E-state index contributed by atoms with van der Waals surface area (Å²) in [5.74, 6) is 0.940. The predicted molar refractivity (Wildman–Crippen MR) is 59.0 cm³/mol. The van der Waals surface area contributed by atoms with Gasteiger partial charge in [0, 0.05) is 12.0 Å². The number of halogens is 2. The maximum absolute atomic E-state index is 13.2. The molecule has 0 atom stereocenters. The van der Waals surface area contributed by atoms with Crippen LogP contribution in [0.4, 0.5) is 4.39 Å². The number of aryl methyl sites for hydroxylation is 1. The molecule has 0 bridgehead atoms. The van der Waals surface area contributed by atoms with Crippen molar-refractivity contribution >= 4 is 15.9 Å². The summed E-state index contributed by atoms with van der Waals surface area (Å²) in [5, 5.41) is 0. The molecule has 0 aliphatic rings. The Morgan fingerprint density at radius 2 is 2.27 bits per heavy atom. The summed E-state index contributed by atoms with van der Waals surface area (Å²) >= 11 is 3.09. The van der Waals surface area contributed by atoms with Crippen molar-refractivity contribution in [2.75, 3.05) is 0 Å². The van der Waals surface area contributed by atoms with Gasteiger partial charge in [-0.2, -0.15) is 0 Å². The van der Waals surface area contributed by atoms with Gasteiger partial charge in [-0.25, -0.2) is 9.37 Å². The summed E-state index contributed by atoms with van der Waals surface area (Å²) in [7, 11) is 0. The van der Waals surface area contributed by atoms with Gasteiger partial charge in [0.1, 0.15) is 11.6 Å². The van der Waals surface area contributed by atoms with Crippen LogP contribution in [0.2, 0.25) is 0 Å². The van der Waals surface area contributed by atoms with Crippen LogP contribution in [0.5, 0.6) is 0 Å². The molecule has 0 radical (unpaired) electrons. The molecular formula is C11H9BrFNO. The second-order valence-corrected chi connectivity index (χ2v) is 3.97. The topological polar surface area (TPSA) is 26.0 Å². The molecule has 0 unspecified atom stereocenters. The zero-order valence-corrected chi connectivity index (χ0v) is 9.71. The van der Waals surface area contributed by atoms with Gasteiger partial charge in [-0.05, 0) is 34.1 Å². The van der Waals surface area contributed by atoms with Crippen LogP contribution in [-0.2, 0) is 6.42 Å². The van der Waals surface area contributed by atoms with E-state index in [1.807, 2.05) is 6.92 Å². The third-order valence-corrected chi connectivity index (χ3v) is 2.71. The molecule has 0 saturated heterocycles. The summed E-state index contributed by atoms with van der Waals surface area (Å²) in [6.45, 7) is 1.98. The Balaban J connectivity index is 2.40. The number of oxazole rings is 1. The van der Waals surface area contributed by atoms with Crippen molar-refractivity contribution in [1.82, 2.24) is 4.98 Å². The van der Waals surface area contributed by atoms with E-state index in [1.54, 1.807) is 18.3 Å².